The maximum absolute atomic E-state index is 12.2. The second-order valence-corrected chi connectivity index (χ2v) is 4.53. The van der Waals surface area contributed by atoms with Crippen molar-refractivity contribution >= 4 is 5.91 Å². The van der Waals surface area contributed by atoms with E-state index in [-0.39, 0.29) is 18.6 Å². The molecule has 0 bridgehead atoms. The Labute approximate surface area is 125 Å². The Balaban J connectivity index is 2.82. The summed E-state index contributed by atoms with van der Waals surface area (Å²) in [6.07, 6.45) is -0.198. The van der Waals surface area contributed by atoms with E-state index in [1.54, 1.807) is 20.3 Å². The first-order valence-electron chi connectivity index (χ1n) is 6.62. The molecule has 0 aliphatic rings. The maximum atomic E-state index is 12.2. The number of ether oxygens (including phenoxy) is 2. The second-order valence-electron chi connectivity index (χ2n) is 4.53. The van der Waals surface area contributed by atoms with Crippen LogP contribution in [0.25, 0.3) is 0 Å². The fourth-order valence-corrected chi connectivity index (χ4v) is 1.79. The van der Waals surface area contributed by atoms with Gasteiger partial charge in [-0.25, -0.2) is 0 Å². The van der Waals surface area contributed by atoms with E-state index in [4.69, 9.17) is 14.6 Å². The number of aliphatic hydroxyl groups is 1. The molecule has 0 saturated heterocycles. The molecule has 1 atom stereocenters. The number of amides is 1. The Morgan fingerprint density at radius 1 is 1.43 bits per heavy atom. The zero-order valence-electron chi connectivity index (χ0n) is 12.6. The van der Waals surface area contributed by atoms with Gasteiger partial charge in [0.1, 0.15) is 6.61 Å². The summed E-state index contributed by atoms with van der Waals surface area (Å²) in [5.41, 5.74) is 2.08. The molecule has 0 aromatic heterocycles. The van der Waals surface area contributed by atoms with Crippen molar-refractivity contribution in [3.05, 3.63) is 34.9 Å². The van der Waals surface area contributed by atoms with Gasteiger partial charge < -0.3 is 19.9 Å². The van der Waals surface area contributed by atoms with Crippen LogP contribution in [-0.4, -0.2) is 51.1 Å². The van der Waals surface area contributed by atoms with Crippen molar-refractivity contribution in [2.24, 2.45) is 0 Å². The first-order chi connectivity index (χ1) is 10.1. The second kappa shape index (κ2) is 9.14. The topological polar surface area (TPSA) is 67.8 Å². The number of hydrogen-bond acceptors (Lipinski definition) is 4. The summed E-state index contributed by atoms with van der Waals surface area (Å²) >= 11 is 0. The molecule has 5 heteroatoms. The molecule has 1 rings (SSSR count). The molecule has 1 aromatic rings. The highest BCUT2D eigenvalue weighted by atomic mass is 16.5. The third-order valence-corrected chi connectivity index (χ3v) is 2.90. The number of methoxy groups -OCH3 is 2. The molecular formula is C16H21NO4. The van der Waals surface area contributed by atoms with Crippen molar-refractivity contribution < 1.29 is 19.4 Å². The number of aliphatic hydroxyl groups excluding tert-OH is 1. The van der Waals surface area contributed by atoms with Crippen LogP contribution in [0.15, 0.2) is 18.2 Å². The standard InChI is InChI=1S/C16H21NO4/c1-12-6-7-15(13(9-12)5-4-8-18)16(19)17-10-14(21-3)11-20-2/h6-7,9,14,18H,8,10-11H2,1-3H3,(H,17,19). The lowest BCUT2D eigenvalue weighted by Gasteiger charge is -2.15. The fraction of sp³-hybridized carbons (Fsp3) is 0.438. The van der Waals surface area contributed by atoms with Gasteiger partial charge in [0, 0.05) is 26.3 Å². The summed E-state index contributed by atoms with van der Waals surface area (Å²) in [5.74, 6) is 5.13. The van der Waals surface area contributed by atoms with Gasteiger partial charge >= 0.3 is 0 Å². The lowest BCUT2D eigenvalue weighted by Crippen LogP contribution is -2.35. The zero-order valence-corrected chi connectivity index (χ0v) is 12.6. The largest absolute Gasteiger partial charge is 0.384 e. The average molecular weight is 291 g/mol. The molecule has 0 saturated carbocycles. The summed E-state index contributed by atoms with van der Waals surface area (Å²) in [6.45, 7) is 2.44. The van der Waals surface area contributed by atoms with Crippen LogP contribution in [0.5, 0.6) is 0 Å². The molecule has 1 aromatic carbocycles. The van der Waals surface area contributed by atoms with Crippen LogP contribution < -0.4 is 5.32 Å². The van der Waals surface area contributed by atoms with Gasteiger partial charge in [-0.2, -0.15) is 0 Å². The molecule has 1 unspecified atom stereocenters. The quantitative estimate of drug-likeness (QED) is 0.758. The number of hydrogen-bond donors (Lipinski definition) is 2. The number of nitrogens with one attached hydrogen (secondary N) is 1. The van der Waals surface area contributed by atoms with E-state index in [0.717, 1.165) is 5.56 Å². The third-order valence-electron chi connectivity index (χ3n) is 2.90. The summed E-state index contributed by atoms with van der Waals surface area (Å²) < 4.78 is 10.2. The fourth-order valence-electron chi connectivity index (χ4n) is 1.79. The van der Waals surface area contributed by atoms with Crippen molar-refractivity contribution in [1.82, 2.24) is 5.32 Å². The average Bonchev–Trinajstić information content (AvgIpc) is 2.49. The minimum Gasteiger partial charge on any atom is -0.384 e. The minimum atomic E-state index is -0.241. The van der Waals surface area contributed by atoms with E-state index in [2.05, 4.69) is 17.2 Å². The first kappa shape index (κ1) is 17.2. The maximum Gasteiger partial charge on any atom is 0.252 e. The van der Waals surface area contributed by atoms with Crippen LogP contribution in [0.2, 0.25) is 0 Å². The van der Waals surface area contributed by atoms with E-state index in [9.17, 15) is 4.79 Å². The van der Waals surface area contributed by atoms with Crippen molar-refractivity contribution in [3.63, 3.8) is 0 Å². The Bertz CT molecular complexity index is 531. The molecule has 0 spiro atoms. The van der Waals surface area contributed by atoms with Crippen LogP contribution in [0, 0.1) is 18.8 Å². The van der Waals surface area contributed by atoms with Crippen LogP contribution in [0.4, 0.5) is 0 Å². The Morgan fingerprint density at radius 2 is 2.19 bits per heavy atom. The molecule has 21 heavy (non-hydrogen) atoms. The summed E-state index contributed by atoms with van der Waals surface area (Å²) in [4.78, 5) is 12.2. The molecule has 0 radical (unpaired) electrons. The monoisotopic (exact) mass is 291 g/mol. The van der Waals surface area contributed by atoms with E-state index >= 15 is 0 Å². The Kier molecular flexibility index (Phi) is 7.48. The highest BCUT2D eigenvalue weighted by Gasteiger charge is 2.13. The van der Waals surface area contributed by atoms with Gasteiger partial charge in [0.2, 0.25) is 0 Å². The highest BCUT2D eigenvalue weighted by Crippen LogP contribution is 2.11. The van der Waals surface area contributed by atoms with Crippen molar-refractivity contribution in [2.75, 3.05) is 34.0 Å². The van der Waals surface area contributed by atoms with Gasteiger partial charge in [-0.05, 0) is 24.6 Å². The predicted octanol–water partition coefficient (Wildman–Crippen LogP) is 0.730. The SMILES string of the molecule is COCC(CNC(=O)c1ccc(C)cc1C#CCO)OC. The van der Waals surface area contributed by atoms with Crippen molar-refractivity contribution in [2.45, 2.75) is 13.0 Å². The number of aryl methyl sites for hydroxylation is 1. The molecular weight excluding hydrogens is 270 g/mol. The van der Waals surface area contributed by atoms with Crippen LogP contribution in [-0.2, 0) is 9.47 Å². The molecule has 5 nitrogen and oxygen atoms in total. The van der Waals surface area contributed by atoms with Crippen molar-refractivity contribution in [3.8, 4) is 11.8 Å². The lowest BCUT2D eigenvalue weighted by molar-refractivity contribution is 0.0285. The van der Waals surface area contributed by atoms with Gasteiger partial charge in [0.05, 0.1) is 18.3 Å². The molecule has 0 heterocycles. The van der Waals surface area contributed by atoms with E-state index in [1.165, 1.54) is 0 Å². The van der Waals surface area contributed by atoms with Crippen LogP contribution >= 0.6 is 0 Å². The van der Waals surface area contributed by atoms with Gasteiger partial charge in [-0.3, -0.25) is 4.79 Å². The molecule has 114 valence electrons. The number of carbonyl (C=O) groups excluding carboxylic acids is 1. The smallest absolute Gasteiger partial charge is 0.252 e. The molecule has 0 fully saturated rings. The summed E-state index contributed by atoms with van der Waals surface area (Å²) in [6, 6.07) is 5.40. The number of rotatable bonds is 6. The van der Waals surface area contributed by atoms with Crippen LogP contribution in [0.3, 0.4) is 0 Å². The Morgan fingerprint density at radius 3 is 2.81 bits per heavy atom. The minimum absolute atomic E-state index is 0.198. The zero-order chi connectivity index (χ0) is 15.7. The van der Waals surface area contributed by atoms with E-state index < -0.39 is 0 Å². The van der Waals surface area contributed by atoms with Crippen LogP contribution in [0.1, 0.15) is 21.5 Å². The molecule has 1 amide bonds. The van der Waals surface area contributed by atoms with Crippen molar-refractivity contribution in [1.29, 1.82) is 0 Å². The lowest BCUT2D eigenvalue weighted by atomic mass is 10.0. The van der Waals surface area contributed by atoms with Gasteiger partial charge in [-0.15, -0.1) is 0 Å². The number of benzene rings is 1. The van der Waals surface area contributed by atoms with Gasteiger partial charge in [0.25, 0.3) is 5.91 Å². The molecule has 2 N–H and O–H groups in total. The molecule has 0 aliphatic heterocycles. The summed E-state index contributed by atoms with van der Waals surface area (Å²) in [7, 11) is 3.15. The normalized spacial score (nSPS) is 11.4. The van der Waals surface area contributed by atoms with E-state index in [1.807, 2.05) is 19.1 Å². The third kappa shape index (κ3) is 5.56. The predicted molar refractivity (Wildman–Crippen MR) is 80.1 cm³/mol. The molecule has 0 aliphatic carbocycles. The van der Waals surface area contributed by atoms with Gasteiger partial charge in [0.15, 0.2) is 0 Å². The Hall–Kier alpha value is -1.87. The first-order valence-corrected chi connectivity index (χ1v) is 6.62. The number of carbonyl (C=O) groups is 1. The van der Waals surface area contributed by atoms with E-state index in [0.29, 0.717) is 24.3 Å². The highest BCUT2D eigenvalue weighted by molar-refractivity contribution is 5.96. The van der Waals surface area contributed by atoms with Gasteiger partial charge in [-0.1, -0.05) is 17.9 Å². The summed E-state index contributed by atoms with van der Waals surface area (Å²) in [5, 5.41) is 11.6.